The highest BCUT2D eigenvalue weighted by molar-refractivity contribution is 9.10. The molecule has 1 aromatic rings. The van der Waals surface area contributed by atoms with Crippen LogP contribution < -0.4 is 5.32 Å². The maximum atomic E-state index is 11.6. The molecule has 0 aromatic heterocycles. The number of halogens is 1. The van der Waals surface area contributed by atoms with E-state index in [0.717, 1.165) is 29.8 Å². The maximum absolute atomic E-state index is 11.6. The van der Waals surface area contributed by atoms with Crippen LogP contribution in [-0.4, -0.2) is 23.9 Å². The van der Waals surface area contributed by atoms with Gasteiger partial charge in [-0.3, -0.25) is 9.69 Å². The number of carbonyl (C=O) groups excluding carboxylic acids is 1. The predicted molar refractivity (Wildman–Crippen MR) is 96.3 cm³/mol. The Labute approximate surface area is 142 Å². The third-order valence-corrected chi connectivity index (χ3v) is 4.81. The van der Waals surface area contributed by atoms with Gasteiger partial charge in [0, 0.05) is 23.6 Å². The number of hydrogen-bond donors (Lipinski definition) is 1. The number of hydrogen-bond acceptors (Lipinski definition) is 2. The van der Waals surface area contributed by atoms with Crippen LogP contribution in [0.4, 0.5) is 5.69 Å². The Morgan fingerprint density at radius 3 is 2.41 bits per heavy atom. The number of anilines is 1. The van der Waals surface area contributed by atoms with Crippen molar-refractivity contribution >= 4 is 27.5 Å². The Bertz CT molecular complexity index is 543. The van der Waals surface area contributed by atoms with Crippen molar-refractivity contribution in [2.75, 3.05) is 18.4 Å². The van der Waals surface area contributed by atoms with Crippen molar-refractivity contribution in [3.63, 3.8) is 0 Å². The largest absolute Gasteiger partial charge is 0.326 e. The van der Waals surface area contributed by atoms with E-state index >= 15 is 0 Å². The first kappa shape index (κ1) is 17.5. The zero-order valence-electron chi connectivity index (χ0n) is 14.1. The van der Waals surface area contributed by atoms with Crippen LogP contribution in [0.25, 0.3) is 0 Å². The molecule has 0 bridgehead atoms. The Hall–Kier alpha value is -0.870. The number of nitrogens with zero attached hydrogens (tertiary/aromatic N) is 1. The quantitative estimate of drug-likeness (QED) is 0.841. The van der Waals surface area contributed by atoms with Crippen LogP contribution in [0.1, 0.15) is 58.1 Å². The van der Waals surface area contributed by atoms with Crippen molar-refractivity contribution in [3.8, 4) is 0 Å². The second-order valence-electron chi connectivity index (χ2n) is 7.26. The van der Waals surface area contributed by atoms with Gasteiger partial charge in [-0.2, -0.15) is 0 Å². The summed E-state index contributed by atoms with van der Waals surface area (Å²) in [5.41, 5.74) is 3.40. The van der Waals surface area contributed by atoms with Crippen LogP contribution in [0.15, 0.2) is 16.6 Å². The molecule has 0 atom stereocenters. The lowest BCUT2D eigenvalue weighted by atomic mass is 9.86. The van der Waals surface area contributed by atoms with E-state index in [9.17, 15) is 4.79 Å². The van der Waals surface area contributed by atoms with Gasteiger partial charge in [-0.15, -0.1) is 0 Å². The molecular weight excluding hydrogens is 340 g/mol. The normalized spacial score (nSPS) is 16.6. The lowest BCUT2D eigenvalue weighted by Crippen LogP contribution is -2.29. The average Bonchev–Trinajstić information content (AvgIpc) is 2.41. The molecule has 122 valence electrons. The monoisotopic (exact) mass is 366 g/mol. The Kier molecular flexibility index (Phi) is 5.67. The number of rotatable bonds is 3. The highest BCUT2D eigenvalue weighted by atomic mass is 79.9. The summed E-state index contributed by atoms with van der Waals surface area (Å²) < 4.78 is 1.13. The smallest absolute Gasteiger partial charge is 0.221 e. The highest BCUT2D eigenvalue weighted by Gasteiger charge is 2.21. The fourth-order valence-electron chi connectivity index (χ4n) is 2.98. The van der Waals surface area contributed by atoms with Gasteiger partial charge in [0.25, 0.3) is 0 Å². The Morgan fingerprint density at radius 1 is 1.23 bits per heavy atom. The minimum absolute atomic E-state index is 0.0120. The molecule has 1 N–H and O–H groups in total. The third-order valence-electron chi connectivity index (χ3n) is 4.15. The number of piperidine rings is 1. The summed E-state index contributed by atoms with van der Waals surface area (Å²) >= 11 is 3.72. The van der Waals surface area contributed by atoms with Crippen LogP contribution in [0, 0.1) is 0 Å². The summed E-state index contributed by atoms with van der Waals surface area (Å²) in [5.74, 6) is -0.0120. The number of carbonyl (C=O) groups is 1. The summed E-state index contributed by atoms with van der Waals surface area (Å²) in [4.78, 5) is 14.0. The van der Waals surface area contributed by atoms with Crippen LogP contribution in [-0.2, 0) is 16.8 Å². The van der Waals surface area contributed by atoms with Gasteiger partial charge in [0.15, 0.2) is 0 Å². The summed E-state index contributed by atoms with van der Waals surface area (Å²) in [6.45, 7) is 11.3. The fraction of sp³-hybridized carbons (Fsp3) is 0.611. The van der Waals surface area contributed by atoms with Gasteiger partial charge in [0.1, 0.15) is 0 Å². The molecule has 1 fully saturated rings. The van der Waals surface area contributed by atoms with E-state index in [0.29, 0.717) is 0 Å². The molecule has 1 amide bonds. The van der Waals surface area contributed by atoms with Gasteiger partial charge in [-0.05, 0) is 54.6 Å². The molecule has 1 aliphatic rings. The van der Waals surface area contributed by atoms with E-state index in [1.54, 1.807) is 6.92 Å². The minimum atomic E-state index is -0.0120. The molecule has 0 radical (unpaired) electrons. The second kappa shape index (κ2) is 7.14. The summed E-state index contributed by atoms with van der Waals surface area (Å²) in [7, 11) is 0. The van der Waals surface area contributed by atoms with Crippen molar-refractivity contribution in [2.45, 2.75) is 58.9 Å². The molecule has 3 nitrogen and oxygen atoms in total. The molecule has 1 aliphatic heterocycles. The van der Waals surface area contributed by atoms with E-state index in [1.807, 2.05) is 0 Å². The van der Waals surface area contributed by atoms with Gasteiger partial charge in [0.2, 0.25) is 5.91 Å². The molecule has 4 heteroatoms. The van der Waals surface area contributed by atoms with E-state index < -0.39 is 0 Å². The first-order valence-corrected chi connectivity index (χ1v) is 8.89. The molecular formula is C18H27BrN2O. The molecule has 0 saturated carbocycles. The second-order valence-corrected chi connectivity index (χ2v) is 8.11. The molecule has 0 unspecified atom stereocenters. The number of likely N-dealkylation sites (tertiary alicyclic amines) is 1. The molecule has 1 heterocycles. The first-order chi connectivity index (χ1) is 10.3. The van der Waals surface area contributed by atoms with Gasteiger partial charge >= 0.3 is 0 Å². The van der Waals surface area contributed by atoms with Gasteiger partial charge in [-0.1, -0.05) is 43.1 Å². The minimum Gasteiger partial charge on any atom is -0.326 e. The van der Waals surface area contributed by atoms with E-state index in [1.165, 1.54) is 30.4 Å². The maximum Gasteiger partial charge on any atom is 0.221 e. The zero-order valence-corrected chi connectivity index (χ0v) is 15.7. The number of nitrogens with one attached hydrogen (secondary N) is 1. The molecule has 0 spiro atoms. The SMILES string of the molecule is CC(=O)Nc1cc(C(C)(C)C)c(Br)cc1CN1CCCCC1. The fourth-order valence-corrected chi connectivity index (χ4v) is 3.97. The lowest BCUT2D eigenvalue weighted by Gasteiger charge is -2.29. The highest BCUT2D eigenvalue weighted by Crippen LogP contribution is 2.35. The Morgan fingerprint density at radius 2 is 1.86 bits per heavy atom. The van der Waals surface area contributed by atoms with Crippen LogP contribution in [0.5, 0.6) is 0 Å². The van der Waals surface area contributed by atoms with Gasteiger partial charge in [-0.25, -0.2) is 0 Å². The topological polar surface area (TPSA) is 32.3 Å². The van der Waals surface area contributed by atoms with Crippen LogP contribution >= 0.6 is 15.9 Å². The van der Waals surface area contributed by atoms with Crippen molar-refractivity contribution in [1.82, 2.24) is 4.90 Å². The van der Waals surface area contributed by atoms with Crippen LogP contribution in [0.3, 0.4) is 0 Å². The van der Waals surface area contributed by atoms with Crippen molar-refractivity contribution in [3.05, 3.63) is 27.7 Å². The predicted octanol–water partition coefficient (Wildman–Crippen LogP) is 4.69. The summed E-state index contributed by atoms with van der Waals surface area (Å²) in [6.07, 6.45) is 3.88. The van der Waals surface area contributed by atoms with Crippen LogP contribution in [0.2, 0.25) is 0 Å². The van der Waals surface area contributed by atoms with E-state index in [-0.39, 0.29) is 11.3 Å². The summed E-state index contributed by atoms with van der Waals surface area (Å²) in [5, 5.41) is 3.02. The molecule has 22 heavy (non-hydrogen) atoms. The average molecular weight is 367 g/mol. The molecule has 0 aliphatic carbocycles. The molecule has 2 rings (SSSR count). The van der Waals surface area contributed by atoms with Gasteiger partial charge < -0.3 is 5.32 Å². The van der Waals surface area contributed by atoms with E-state index in [4.69, 9.17) is 0 Å². The van der Waals surface area contributed by atoms with Crippen molar-refractivity contribution in [1.29, 1.82) is 0 Å². The van der Waals surface area contributed by atoms with Gasteiger partial charge in [0.05, 0.1) is 0 Å². The number of amides is 1. The summed E-state index contributed by atoms with van der Waals surface area (Å²) in [6, 6.07) is 4.31. The zero-order chi connectivity index (χ0) is 16.3. The molecule has 1 aromatic carbocycles. The van der Waals surface area contributed by atoms with Crippen molar-refractivity contribution in [2.24, 2.45) is 0 Å². The first-order valence-electron chi connectivity index (χ1n) is 8.10. The van der Waals surface area contributed by atoms with Crippen molar-refractivity contribution < 1.29 is 4.79 Å². The standard InChI is InChI=1S/C18H27BrN2O/c1-13(22)20-17-11-15(18(2,3)4)16(19)10-14(17)12-21-8-6-5-7-9-21/h10-11H,5-9,12H2,1-4H3,(H,20,22). The molecule has 1 saturated heterocycles. The van der Waals surface area contributed by atoms with E-state index in [2.05, 4.69) is 59.1 Å². The Balaban J connectivity index is 2.33. The lowest BCUT2D eigenvalue weighted by molar-refractivity contribution is -0.114. The third kappa shape index (κ3) is 4.56. The number of benzene rings is 1.